The van der Waals surface area contributed by atoms with Crippen molar-refractivity contribution in [3.8, 4) is 22.3 Å². The Morgan fingerprint density at radius 1 is 0.906 bits per heavy atom. The Morgan fingerprint density at radius 3 is 2.47 bits per heavy atom. The minimum Gasteiger partial charge on any atom is -0.445 e. The molecular weight excluding hydrogens is 450 g/mol. The van der Waals surface area contributed by atoms with Gasteiger partial charge in [-0.2, -0.15) is 0 Å². The van der Waals surface area contributed by atoms with Crippen LogP contribution in [0.15, 0.2) is 89.2 Å². The molecule has 0 radical (unpaired) electrons. The monoisotopic (exact) mass is 463 g/mol. The van der Waals surface area contributed by atoms with E-state index in [-0.39, 0.29) is 15.7 Å². The topological polar surface area (TPSA) is 111 Å². The number of nitrogens with zero attached hydrogens (tertiary/aromatic N) is 4. The van der Waals surface area contributed by atoms with Gasteiger partial charge in [-0.3, -0.25) is 4.72 Å². The standard InChI is InChI=1S/C22H14ClN5O3S/c23-21-19(28-32(29,30)16-4-2-1-3-5-16)8-14(11-27-21)18-12-31-22-20(18)17(6-7-26-22)15-9-24-13-25-10-15/h1-13,28H. The van der Waals surface area contributed by atoms with Gasteiger partial charge in [0, 0.05) is 41.5 Å². The molecule has 5 aromatic rings. The van der Waals surface area contributed by atoms with E-state index in [1.54, 1.807) is 55.3 Å². The maximum absolute atomic E-state index is 12.8. The van der Waals surface area contributed by atoms with E-state index in [1.807, 2.05) is 6.07 Å². The third-order valence-electron chi connectivity index (χ3n) is 4.79. The molecule has 0 bridgehead atoms. The van der Waals surface area contributed by atoms with E-state index >= 15 is 0 Å². The molecule has 158 valence electrons. The number of sulfonamides is 1. The first-order valence-electron chi connectivity index (χ1n) is 9.38. The fourth-order valence-electron chi connectivity index (χ4n) is 3.33. The Bertz CT molecular complexity index is 1520. The highest BCUT2D eigenvalue weighted by Gasteiger charge is 2.19. The summed E-state index contributed by atoms with van der Waals surface area (Å²) >= 11 is 6.21. The minimum atomic E-state index is -3.84. The Labute approximate surface area is 188 Å². The first-order valence-corrected chi connectivity index (χ1v) is 11.2. The SMILES string of the molecule is O=S(=O)(Nc1cc(-c2coc3nccc(-c4cncnc4)c23)cnc1Cl)c1ccccc1. The molecule has 5 rings (SSSR count). The average molecular weight is 464 g/mol. The average Bonchev–Trinajstić information content (AvgIpc) is 3.26. The summed E-state index contributed by atoms with van der Waals surface area (Å²) in [5, 5.41) is 0.749. The second-order valence-electron chi connectivity index (χ2n) is 6.80. The molecule has 4 aromatic heterocycles. The van der Waals surface area contributed by atoms with Crippen molar-refractivity contribution in [1.82, 2.24) is 19.9 Å². The van der Waals surface area contributed by atoms with Crippen molar-refractivity contribution in [2.24, 2.45) is 0 Å². The fraction of sp³-hybridized carbons (Fsp3) is 0. The highest BCUT2D eigenvalue weighted by Crippen LogP contribution is 2.38. The van der Waals surface area contributed by atoms with Crippen molar-refractivity contribution in [3.05, 3.63) is 85.0 Å². The van der Waals surface area contributed by atoms with Gasteiger partial charge < -0.3 is 4.42 Å². The third kappa shape index (κ3) is 3.68. The van der Waals surface area contributed by atoms with Crippen molar-refractivity contribution in [3.63, 3.8) is 0 Å². The van der Waals surface area contributed by atoms with Gasteiger partial charge in [0.15, 0.2) is 5.15 Å². The molecule has 4 heterocycles. The number of anilines is 1. The fourth-order valence-corrected chi connectivity index (χ4v) is 4.61. The van der Waals surface area contributed by atoms with Gasteiger partial charge in [-0.25, -0.2) is 28.4 Å². The molecule has 32 heavy (non-hydrogen) atoms. The Kier molecular flexibility index (Phi) is 5.04. The number of nitrogens with one attached hydrogen (secondary N) is 1. The molecule has 0 saturated heterocycles. The summed E-state index contributed by atoms with van der Waals surface area (Å²) < 4.78 is 33.7. The quantitative estimate of drug-likeness (QED) is 0.372. The van der Waals surface area contributed by atoms with Crippen LogP contribution in [-0.2, 0) is 10.0 Å². The lowest BCUT2D eigenvalue weighted by molar-refractivity contribution is 0.601. The van der Waals surface area contributed by atoms with Crippen molar-refractivity contribution < 1.29 is 12.8 Å². The van der Waals surface area contributed by atoms with Crippen LogP contribution in [0.25, 0.3) is 33.4 Å². The molecule has 0 aliphatic heterocycles. The smallest absolute Gasteiger partial charge is 0.261 e. The van der Waals surface area contributed by atoms with Crippen molar-refractivity contribution in [1.29, 1.82) is 0 Å². The Balaban J connectivity index is 1.62. The first kappa shape index (κ1) is 20.1. The number of aromatic nitrogens is 4. The van der Waals surface area contributed by atoms with Crippen molar-refractivity contribution >= 4 is 38.4 Å². The van der Waals surface area contributed by atoms with Crippen molar-refractivity contribution in [2.45, 2.75) is 4.90 Å². The number of pyridine rings is 2. The normalized spacial score (nSPS) is 11.5. The summed E-state index contributed by atoms with van der Waals surface area (Å²) in [6.45, 7) is 0. The minimum absolute atomic E-state index is 0.0239. The number of halogens is 1. The van der Waals surface area contributed by atoms with Crippen LogP contribution in [0.5, 0.6) is 0 Å². The molecule has 0 aliphatic carbocycles. The summed E-state index contributed by atoms with van der Waals surface area (Å²) in [4.78, 5) is 16.7. The van der Waals surface area contributed by atoms with E-state index in [2.05, 4.69) is 24.7 Å². The summed E-state index contributed by atoms with van der Waals surface area (Å²) in [6, 6.07) is 11.5. The molecule has 0 saturated carbocycles. The number of benzene rings is 1. The molecule has 1 aromatic carbocycles. The van der Waals surface area contributed by atoms with Gasteiger partial charge >= 0.3 is 0 Å². The maximum Gasteiger partial charge on any atom is 0.261 e. The van der Waals surface area contributed by atoms with Crippen LogP contribution in [0, 0.1) is 0 Å². The predicted octanol–water partition coefficient (Wildman–Crippen LogP) is 4.80. The van der Waals surface area contributed by atoms with Gasteiger partial charge in [0.2, 0.25) is 5.71 Å². The van der Waals surface area contributed by atoms with Crippen LogP contribution >= 0.6 is 11.6 Å². The Morgan fingerprint density at radius 2 is 1.69 bits per heavy atom. The highest BCUT2D eigenvalue weighted by atomic mass is 35.5. The zero-order chi connectivity index (χ0) is 22.1. The van der Waals surface area contributed by atoms with E-state index in [1.165, 1.54) is 18.5 Å². The summed E-state index contributed by atoms with van der Waals surface area (Å²) in [6.07, 6.45) is 9.57. The third-order valence-corrected chi connectivity index (χ3v) is 6.48. The zero-order valence-electron chi connectivity index (χ0n) is 16.3. The maximum atomic E-state index is 12.8. The van der Waals surface area contributed by atoms with Gasteiger partial charge in [0.1, 0.15) is 12.6 Å². The predicted molar refractivity (Wildman–Crippen MR) is 121 cm³/mol. The number of hydrogen-bond donors (Lipinski definition) is 1. The molecule has 0 amide bonds. The molecule has 8 nitrogen and oxygen atoms in total. The van der Waals surface area contributed by atoms with Crippen LogP contribution in [0.2, 0.25) is 5.15 Å². The lowest BCUT2D eigenvalue weighted by atomic mass is 10.0. The molecular formula is C22H14ClN5O3S. The van der Waals surface area contributed by atoms with Crippen LogP contribution in [0.3, 0.4) is 0 Å². The summed E-state index contributed by atoms with van der Waals surface area (Å²) in [7, 11) is -3.84. The lowest BCUT2D eigenvalue weighted by Gasteiger charge is -2.11. The van der Waals surface area contributed by atoms with E-state index < -0.39 is 10.0 Å². The molecule has 0 aliphatic rings. The number of rotatable bonds is 5. The number of furan rings is 1. The molecule has 0 unspecified atom stereocenters. The second-order valence-corrected chi connectivity index (χ2v) is 8.84. The van der Waals surface area contributed by atoms with Gasteiger partial charge in [-0.05, 0) is 29.8 Å². The largest absolute Gasteiger partial charge is 0.445 e. The highest BCUT2D eigenvalue weighted by molar-refractivity contribution is 7.92. The number of fused-ring (bicyclic) bond motifs is 1. The number of hydrogen-bond acceptors (Lipinski definition) is 7. The van der Waals surface area contributed by atoms with Crippen LogP contribution in [0.4, 0.5) is 5.69 Å². The molecule has 0 atom stereocenters. The molecule has 10 heteroatoms. The summed E-state index contributed by atoms with van der Waals surface area (Å²) in [5.41, 5.74) is 3.45. The van der Waals surface area contributed by atoms with Gasteiger partial charge in [-0.15, -0.1) is 0 Å². The van der Waals surface area contributed by atoms with Gasteiger partial charge in [0.05, 0.1) is 16.0 Å². The van der Waals surface area contributed by atoms with E-state index in [9.17, 15) is 8.42 Å². The second kappa shape index (κ2) is 8.03. The van der Waals surface area contributed by atoms with Gasteiger partial charge in [-0.1, -0.05) is 29.8 Å². The van der Waals surface area contributed by atoms with E-state index in [0.29, 0.717) is 16.8 Å². The summed E-state index contributed by atoms with van der Waals surface area (Å²) in [5.74, 6) is 0. The van der Waals surface area contributed by atoms with Crippen LogP contribution < -0.4 is 4.72 Å². The van der Waals surface area contributed by atoms with E-state index in [4.69, 9.17) is 16.0 Å². The van der Waals surface area contributed by atoms with Gasteiger partial charge in [0.25, 0.3) is 10.0 Å². The Hall–Kier alpha value is -3.82. The lowest BCUT2D eigenvalue weighted by Crippen LogP contribution is -2.13. The first-order chi connectivity index (χ1) is 15.5. The van der Waals surface area contributed by atoms with E-state index in [0.717, 1.165) is 16.5 Å². The van der Waals surface area contributed by atoms with Crippen molar-refractivity contribution in [2.75, 3.05) is 4.72 Å². The zero-order valence-corrected chi connectivity index (χ0v) is 17.9. The molecule has 0 spiro atoms. The molecule has 1 N–H and O–H groups in total. The molecule has 0 fully saturated rings. The van der Waals surface area contributed by atoms with Crippen LogP contribution in [-0.4, -0.2) is 28.4 Å². The van der Waals surface area contributed by atoms with Crippen LogP contribution in [0.1, 0.15) is 0 Å².